The number of amides is 4. The van der Waals surface area contributed by atoms with Gasteiger partial charge >= 0.3 is 0 Å². The summed E-state index contributed by atoms with van der Waals surface area (Å²) in [5.74, 6) is -2.13. The zero-order chi connectivity index (χ0) is 19.8. The van der Waals surface area contributed by atoms with Gasteiger partial charge in [0.1, 0.15) is 6.04 Å². The summed E-state index contributed by atoms with van der Waals surface area (Å²) in [7, 11) is 0. The molecule has 1 fully saturated rings. The third-order valence-corrected chi connectivity index (χ3v) is 4.76. The molecule has 0 saturated carbocycles. The van der Waals surface area contributed by atoms with Crippen LogP contribution < -0.4 is 16.4 Å². The molecule has 2 aliphatic rings. The van der Waals surface area contributed by atoms with E-state index in [-0.39, 0.29) is 37.1 Å². The van der Waals surface area contributed by atoms with E-state index in [1.54, 1.807) is 25.1 Å². The Morgan fingerprint density at radius 2 is 2.04 bits per heavy atom. The summed E-state index contributed by atoms with van der Waals surface area (Å²) in [6, 6.07) is 3.95. The van der Waals surface area contributed by atoms with E-state index in [0.717, 1.165) is 4.90 Å². The van der Waals surface area contributed by atoms with E-state index in [0.29, 0.717) is 12.1 Å². The second kappa shape index (κ2) is 7.18. The molecule has 1 aromatic rings. The number of nitrogens with two attached hydrogens (primary N) is 1. The number of nitrogens with one attached hydrogen (secondary N) is 2. The summed E-state index contributed by atoms with van der Waals surface area (Å²) < 4.78 is 0. The maximum atomic E-state index is 12.9. The van der Waals surface area contributed by atoms with Gasteiger partial charge in [0.2, 0.25) is 11.8 Å². The highest BCUT2D eigenvalue weighted by Crippen LogP contribution is 2.29. The van der Waals surface area contributed by atoms with Crippen LogP contribution in [-0.4, -0.2) is 58.4 Å². The van der Waals surface area contributed by atoms with Gasteiger partial charge in [-0.2, -0.15) is 0 Å². The summed E-state index contributed by atoms with van der Waals surface area (Å²) in [6.07, 6.45) is 0.195. The molecule has 27 heavy (non-hydrogen) atoms. The molecule has 1 aromatic carbocycles. The fourth-order valence-electron chi connectivity index (χ4n) is 3.27. The van der Waals surface area contributed by atoms with Crippen LogP contribution in [0.2, 0.25) is 0 Å². The molecule has 0 spiro atoms. The average Bonchev–Trinajstić information content (AvgIpc) is 2.87. The van der Waals surface area contributed by atoms with Crippen molar-refractivity contribution in [3.8, 4) is 0 Å². The van der Waals surface area contributed by atoms with Crippen molar-refractivity contribution in [2.24, 2.45) is 5.73 Å². The van der Waals surface area contributed by atoms with E-state index in [1.807, 2.05) is 0 Å². The zero-order valence-corrected chi connectivity index (χ0v) is 14.9. The third-order valence-electron chi connectivity index (χ3n) is 4.76. The molecule has 0 aliphatic carbocycles. The van der Waals surface area contributed by atoms with Crippen LogP contribution in [0.15, 0.2) is 18.2 Å². The van der Waals surface area contributed by atoms with E-state index in [9.17, 15) is 24.3 Å². The molecule has 2 unspecified atom stereocenters. The minimum absolute atomic E-state index is 0.0778. The molecule has 9 heteroatoms. The molecule has 5 N–H and O–H groups in total. The predicted octanol–water partition coefficient (Wildman–Crippen LogP) is -1.11. The van der Waals surface area contributed by atoms with Gasteiger partial charge < -0.3 is 16.2 Å². The molecular weight excluding hydrogens is 352 g/mol. The maximum absolute atomic E-state index is 12.9. The number of rotatable bonds is 6. The highest BCUT2D eigenvalue weighted by Gasteiger charge is 2.45. The molecule has 0 radical (unpaired) electrons. The minimum Gasteiger partial charge on any atom is -0.394 e. The molecule has 4 amide bonds. The average molecular weight is 374 g/mol. The van der Waals surface area contributed by atoms with Crippen molar-refractivity contribution in [3.63, 3.8) is 0 Å². The number of benzene rings is 1. The van der Waals surface area contributed by atoms with Crippen molar-refractivity contribution in [1.29, 1.82) is 0 Å². The maximum Gasteiger partial charge on any atom is 0.262 e. The van der Waals surface area contributed by atoms with E-state index in [2.05, 4.69) is 10.6 Å². The number of hydrogen-bond donors (Lipinski definition) is 4. The lowest BCUT2D eigenvalue weighted by Gasteiger charge is -2.27. The lowest BCUT2D eigenvalue weighted by molar-refractivity contribution is -0.136. The lowest BCUT2D eigenvalue weighted by Crippen LogP contribution is -2.54. The van der Waals surface area contributed by atoms with E-state index in [4.69, 9.17) is 5.73 Å². The van der Waals surface area contributed by atoms with Crippen molar-refractivity contribution in [2.75, 3.05) is 13.2 Å². The Balaban J connectivity index is 1.82. The van der Waals surface area contributed by atoms with Gasteiger partial charge in [0, 0.05) is 25.0 Å². The van der Waals surface area contributed by atoms with E-state index < -0.39 is 35.2 Å². The number of fused-ring (bicyclic) bond motifs is 1. The van der Waals surface area contributed by atoms with Crippen LogP contribution in [0, 0.1) is 0 Å². The van der Waals surface area contributed by atoms with Crippen LogP contribution in [0.25, 0.3) is 0 Å². The smallest absolute Gasteiger partial charge is 0.262 e. The highest BCUT2D eigenvalue weighted by molar-refractivity contribution is 6.24. The molecule has 2 aliphatic heterocycles. The third kappa shape index (κ3) is 3.61. The first-order valence-electron chi connectivity index (χ1n) is 8.69. The Morgan fingerprint density at radius 1 is 1.30 bits per heavy atom. The number of piperidine rings is 1. The summed E-state index contributed by atoms with van der Waals surface area (Å²) in [4.78, 5) is 50.0. The molecule has 2 heterocycles. The molecule has 144 valence electrons. The molecule has 0 aromatic heterocycles. The minimum atomic E-state index is -0.988. The van der Waals surface area contributed by atoms with Crippen LogP contribution in [-0.2, 0) is 16.1 Å². The summed E-state index contributed by atoms with van der Waals surface area (Å²) in [6.45, 7) is 2.08. The molecule has 9 nitrogen and oxygen atoms in total. The number of imide groups is 2. The topological polar surface area (TPSA) is 142 Å². The Hall–Kier alpha value is -2.62. The Kier molecular flexibility index (Phi) is 5.09. The van der Waals surface area contributed by atoms with Crippen LogP contribution in [0.1, 0.15) is 46.0 Å². The number of hydrogen-bond acceptors (Lipinski definition) is 7. The Labute approximate surface area is 155 Å². The number of nitrogens with zero attached hydrogens (tertiary/aromatic N) is 1. The van der Waals surface area contributed by atoms with Crippen molar-refractivity contribution >= 4 is 23.6 Å². The van der Waals surface area contributed by atoms with Gasteiger partial charge in [-0.15, -0.1) is 0 Å². The fourth-order valence-corrected chi connectivity index (χ4v) is 3.27. The van der Waals surface area contributed by atoms with E-state index >= 15 is 0 Å². The largest absolute Gasteiger partial charge is 0.394 e. The lowest BCUT2D eigenvalue weighted by atomic mass is 10.0. The summed E-state index contributed by atoms with van der Waals surface area (Å²) >= 11 is 0. The first-order chi connectivity index (χ1) is 12.7. The predicted molar refractivity (Wildman–Crippen MR) is 94.5 cm³/mol. The Morgan fingerprint density at radius 3 is 2.70 bits per heavy atom. The van der Waals surface area contributed by atoms with Crippen LogP contribution in [0.3, 0.4) is 0 Å². The van der Waals surface area contributed by atoms with Crippen molar-refractivity contribution < 1.29 is 24.3 Å². The summed E-state index contributed by atoms with van der Waals surface area (Å²) in [5, 5.41) is 14.5. The first kappa shape index (κ1) is 19.2. The number of aliphatic hydroxyl groups excluding tert-OH is 1. The molecule has 2 atom stereocenters. The van der Waals surface area contributed by atoms with Gasteiger partial charge in [-0.3, -0.25) is 29.4 Å². The van der Waals surface area contributed by atoms with Crippen LogP contribution in [0.5, 0.6) is 0 Å². The SMILES string of the molecule is CC(N)(CO)CNCc1cccc2c1C(=O)N(C1CCC(=O)NC1=O)C2=O. The van der Waals surface area contributed by atoms with Gasteiger partial charge in [-0.1, -0.05) is 12.1 Å². The van der Waals surface area contributed by atoms with Gasteiger partial charge in [0.05, 0.1) is 17.7 Å². The van der Waals surface area contributed by atoms with Gasteiger partial charge in [0.25, 0.3) is 11.8 Å². The van der Waals surface area contributed by atoms with Gasteiger partial charge in [-0.25, -0.2) is 0 Å². The van der Waals surface area contributed by atoms with Crippen LogP contribution >= 0.6 is 0 Å². The highest BCUT2D eigenvalue weighted by atomic mass is 16.3. The van der Waals surface area contributed by atoms with Crippen molar-refractivity contribution in [1.82, 2.24) is 15.5 Å². The van der Waals surface area contributed by atoms with Crippen molar-refractivity contribution in [3.05, 3.63) is 34.9 Å². The standard InChI is InChI=1S/C18H22N4O5/c1-18(19,9-23)8-20-7-10-3-2-4-11-14(10)17(27)22(16(11)26)12-5-6-13(24)21-15(12)25/h2-4,12,20,23H,5-9,19H2,1H3,(H,21,24,25). The quantitative estimate of drug-likeness (QED) is 0.462. The van der Waals surface area contributed by atoms with Crippen LogP contribution in [0.4, 0.5) is 0 Å². The first-order valence-corrected chi connectivity index (χ1v) is 8.69. The Bertz CT molecular complexity index is 820. The second-order valence-electron chi connectivity index (χ2n) is 7.20. The normalized spacial score (nSPS) is 21.9. The number of carbonyl (C=O) groups excluding carboxylic acids is 4. The summed E-state index contributed by atoms with van der Waals surface area (Å²) in [5.41, 5.74) is 6.16. The molecule has 3 rings (SSSR count). The monoisotopic (exact) mass is 374 g/mol. The molecular formula is C18H22N4O5. The second-order valence-corrected chi connectivity index (χ2v) is 7.20. The fraction of sp³-hybridized carbons (Fsp3) is 0.444. The van der Waals surface area contributed by atoms with Crippen molar-refractivity contribution in [2.45, 2.75) is 37.9 Å². The molecule has 1 saturated heterocycles. The van der Waals surface area contributed by atoms with Gasteiger partial charge in [-0.05, 0) is 25.0 Å². The van der Waals surface area contributed by atoms with E-state index in [1.165, 1.54) is 0 Å². The zero-order valence-electron chi connectivity index (χ0n) is 14.9. The van der Waals surface area contributed by atoms with Gasteiger partial charge in [0.15, 0.2) is 0 Å². The number of carbonyl (C=O) groups is 4. The molecule has 0 bridgehead atoms. The number of aliphatic hydroxyl groups is 1.